The number of rotatable bonds is 5. The van der Waals surface area contributed by atoms with Crippen molar-refractivity contribution >= 4 is 50.6 Å². The number of halogens is 2. The van der Waals surface area contributed by atoms with Gasteiger partial charge in [-0.3, -0.25) is 4.79 Å². The summed E-state index contributed by atoms with van der Waals surface area (Å²) < 4.78 is 0.921. The SMILES string of the molecule is CN(C)CC(=O)N/N=C/c1nc(-c2ccccc2Cl)c2cc(Br)ccc2n1. The summed E-state index contributed by atoms with van der Waals surface area (Å²) >= 11 is 9.87. The highest BCUT2D eigenvalue weighted by Gasteiger charge is 2.12. The van der Waals surface area contributed by atoms with Crippen LogP contribution in [0.4, 0.5) is 0 Å². The number of hydrogen-bond acceptors (Lipinski definition) is 5. The van der Waals surface area contributed by atoms with Gasteiger partial charge in [0.2, 0.25) is 0 Å². The number of likely N-dealkylation sites (N-methyl/N-ethyl adjacent to an activating group) is 1. The highest BCUT2D eigenvalue weighted by atomic mass is 79.9. The number of amides is 1. The maximum Gasteiger partial charge on any atom is 0.254 e. The fourth-order valence-corrected chi connectivity index (χ4v) is 3.11. The fourth-order valence-electron chi connectivity index (χ4n) is 2.52. The summed E-state index contributed by atoms with van der Waals surface area (Å²) in [5.74, 6) is 0.164. The van der Waals surface area contributed by atoms with E-state index in [0.717, 1.165) is 20.9 Å². The van der Waals surface area contributed by atoms with Crippen molar-refractivity contribution in [2.45, 2.75) is 0 Å². The van der Waals surface area contributed by atoms with Crippen molar-refractivity contribution in [1.82, 2.24) is 20.3 Å². The van der Waals surface area contributed by atoms with Crippen LogP contribution in [-0.2, 0) is 4.79 Å². The topological polar surface area (TPSA) is 70.5 Å². The standard InChI is InChI=1S/C19H17BrClN5O/c1-26(2)11-18(27)25-22-10-17-23-16-8-7-12(20)9-14(16)19(24-17)13-5-3-4-6-15(13)21/h3-10H,11H2,1-2H3,(H,25,27)/b22-10+. The Labute approximate surface area is 170 Å². The molecule has 3 aromatic rings. The van der Waals surface area contributed by atoms with Crippen LogP contribution in [-0.4, -0.2) is 47.6 Å². The summed E-state index contributed by atoms with van der Waals surface area (Å²) in [5.41, 5.74) is 4.72. The van der Waals surface area contributed by atoms with E-state index < -0.39 is 0 Å². The largest absolute Gasteiger partial charge is 0.301 e. The lowest BCUT2D eigenvalue weighted by Gasteiger charge is -2.09. The molecule has 0 unspecified atom stereocenters. The molecular weight excluding hydrogens is 430 g/mol. The first-order chi connectivity index (χ1) is 12.9. The molecule has 0 aliphatic rings. The van der Waals surface area contributed by atoms with Gasteiger partial charge in [-0.15, -0.1) is 0 Å². The molecule has 0 radical (unpaired) electrons. The first-order valence-corrected chi connectivity index (χ1v) is 9.30. The molecule has 0 bridgehead atoms. The Morgan fingerprint density at radius 1 is 1.26 bits per heavy atom. The zero-order valence-electron chi connectivity index (χ0n) is 14.8. The van der Waals surface area contributed by atoms with Gasteiger partial charge in [-0.05, 0) is 38.4 Å². The summed E-state index contributed by atoms with van der Waals surface area (Å²) in [4.78, 5) is 22.6. The lowest BCUT2D eigenvalue weighted by Crippen LogP contribution is -2.30. The number of carbonyl (C=O) groups is 1. The number of nitrogens with zero attached hydrogens (tertiary/aromatic N) is 4. The van der Waals surface area contributed by atoms with Crippen LogP contribution in [0.15, 0.2) is 52.0 Å². The van der Waals surface area contributed by atoms with Crippen LogP contribution in [0.3, 0.4) is 0 Å². The number of hydrogen-bond donors (Lipinski definition) is 1. The van der Waals surface area contributed by atoms with Crippen molar-refractivity contribution < 1.29 is 4.79 Å². The van der Waals surface area contributed by atoms with Gasteiger partial charge in [-0.2, -0.15) is 5.10 Å². The second-order valence-electron chi connectivity index (χ2n) is 6.10. The van der Waals surface area contributed by atoms with E-state index >= 15 is 0 Å². The summed E-state index contributed by atoms with van der Waals surface area (Å²) in [6, 6.07) is 13.3. The molecule has 6 nitrogen and oxygen atoms in total. The van der Waals surface area contributed by atoms with Gasteiger partial charge in [0.1, 0.15) is 0 Å². The first-order valence-electron chi connectivity index (χ1n) is 8.13. The lowest BCUT2D eigenvalue weighted by molar-refractivity contribution is -0.121. The molecule has 27 heavy (non-hydrogen) atoms. The minimum absolute atomic E-state index is 0.215. The molecule has 8 heteroatoms. The summed E-state index contributed by atoms with van der Waals surface area (Å²) in [6.07, 6.45) is 1.43. The number of hydrazone groups is 1. The van der Waals surface area contributed by atoms with Gasteiger partial charge in [-0.25, -0.2) is 15.4 Å². The Kier molecular flexibility index (Phi) is 6.15. The molecule has 0 saturated heterocycles. The van der Waals surface area contributed by atoms with Gasteiger partial charge < -0.3 is 4.90 Å². The molecule has 0 saturated carbocycles. The predicted molar refractivity (Wildman–Crippen MR) is 112 cm³/mol. The van der Waals surface area contributed by atoms with Gasteiger partial charge in [0.25, 0.3) is 5.91 Å². The number of nitrogens with one attached hydrogen (secondary N) is 1. The van der Waals surface area contributed by atoms with Crippen LogP contribution in [0.5, 0.6) is 0 Å². The van der Waals surface area contributed by atoms with E-state index in [0.29, 0.717) is 16.5 Å². The van der Waals surface area contributed by atoms with E-state index in [1.807, 2.05) is 56.6 Å². The molecule has 1 N–H and O–H groups in total. The predicted octanol–water partition coefficient (Wildman–Crippen LogP) is 3.72. The van der Waals surface area contributed by atoms with Crippen LogP contribution in [0.1, 0.15) is 5.82 Å². The van der Waals surface area contributed by atoms with E-state index in [1.54, 1.807) is 4.90 Å². The van der Waals surface area contributed by atoms with Crippen LogP contribution in [0.25, 0.3) is 22.2 Å². The number of aromatic nitrogens is 2. The zero-order chi connectivity index (χ0) is 19.4. The van der Waals surface area contributed by atoms with Gasteiger partial charge in [-0.1, -0.05) is 45.7 Å². The van der Waals surface area contributed by atoms with Gasteiger partial charge in [0, 0.05) is 20.4 Å². The molecule has 0 aliphatic carbocycles. The average Bonchev–Trinajstić information content (AvgIpc) is 2.61. The molecule has 0 fully saturated rings. The van der Waals surface area contributed by atoms with E-state index in [4.69, 9.17) is 11.6 Å². The Hall–Kier alpha value is -2.35. The molecule has 0 spiro atoms. The molecule has 2 aromatic carbocycles. The Morgan fingerprint density at radius 3 is 2.78 bits per heavy atom. The van der Waals surface area contributed by atoms with Gasteiger partial charge in [0.05, 0.1) is 24.0 Å². The smallest absolute Gasteiger partial charge is 0.254 e. The zero-order valence-corrected chi connectivity index (χ0v) is 17.1. The third-order valence-electron chi connectivity index (χ3n) is 3.63. The summed E-state index contributed by atoms with van der Waals surface area (Å²) in [6.45, 7) is 0.245. The van der Waals surface area contributed by atoms with Crippen molar-refractivity contribution in [2.75, 3.05) is 20.6 Å². The highest BCUT2D eigenvalue weighted by Crippen LogP contribution is 2.32. The molecule has 1 amide bonds. The second kappa shape index (κ2) is 8.56. The Bertz CT molecular complexity index is 1020. The molecular formula is C19H17BrClN5O. The normalized spacial score (nSPS) is 11.4. The van der Waals surface area contributed by atoms with Crippen LogP contribution >= 0.6 is 27.5 Å². The number of benzene rings is 2. The number of fused-ring (bicyclic) bond motifs is 1. The minimum atomic E-state index is -0.215. The maximum absolute atomic E-state index is 11.7. The van der Waals surface area contributed by atoms with E-state index in [2.05, 4.69) is 36.4 Å². The van der Waals surface area contributed by atoms with Crippen LogP contribution in [0, 0.1) is 0 Å². The van der Waals surface area contributed by atoms with Crippen molar-refractivity contribution in [3.05, 3.63) is 57.8 Å². The maximum atomic E-state index is 11.7. The van der Waals surface area contributed by atoms with E-state index in [9.17, 15) is 4.79 Å². The minimum Gasteiger partial charge on any atom is -0.301 e. The number of carbonyl (C=O) groups excluding carboxylic acids is 1. The molecule has 3 rings (SSSR count). The van der Waals surface area contributed by atoms with E-state index in [1.165, 1.54) is 6.21 Å². The van der Waals surface area contributed by atoms with Crippen molar-refractivity contribution in [3.8, 4) is 11.3 Å². The third-order valence-corrected chi connectivity index (χ3v) is 4.46. The Morgan fingerprint density at radius 2 is 2.04 bits per heavy atom. The van der Waals surface area contributed by atoms with Crippen molar-refractivity contribution in [3.63, 3.8) is 0 Å². The fraction of sp³-hybridized carbons (Fsp3) is 0.158. The first kappa shape index (κ1) is 19.4. The average molecular weight is 447 g/mol. The molecule has 1 aromatic heterocycles. The second-order valence-corrected chi connectivity index (χ2v) is 7.43. The van der Waals surface area contributed by atoms with Gasteiger partial charge in [0.15, 0.2) is 5.82 Å². The molecule has 1 heterocycles. The quantitative estimate of drug-likeness (QED) is 0.479. The van der Waals surface area contributed by atoms with Crippen LogP contribution in [0.2, 0.25) is 5.02 Å². The van der Waals surface area contributed by atoms with Crippen molar-refractivity contribution in [2.24, 2.45) is 5.10 Å². The molecule has 0 atom stereocenters. The van der Waals surface area contributed by atoms with Gasteiger partial charge >= 0.3 is 0 Å². The molecule has 138 valence electrons. The van der Waals surface area contributed by atoms with Crippen LogP contribution < -0.4 is 5.43 Å². The lowest BCUT2D eigenvalue weighted by atomic mass is 10.1. The highest BCUT2D eigenvalue weighted by molar-refractivity contribution is 9.10. The monoisotopic (exact) mass is 445 g/mol. The summed E-state index contributed by atoms with van der Waals surface area (Å²) in [7, 11) is 3.62. The van der Waals surface area contributed by atoms with E-state index in [-0.39, 0.29) is 12.5 Å². The Balaban J connectivity index is 2.02. The molecule has 0 aliphatic heterocycles. The van der Waals surface area contributed by atoms with Crippen molar-refractivity contribution in [1.29, 1.82) is 0 Å². The summed E-state index contributed by atoms with van der Waals surface area (Å²) in [5, 5.41) is 5.42. The third kappa shape index (κ3) is 4.88.